The normalized spacial score (nSPS) is 0. The first-order chi connectivity index (χ1) is 0. The second-order valence-corrected chi connectivity index (χ2v) is 0. The Morgan fingerprint density at radius 1 is 0.800 bits per heavy atom. The van der Waals surface area contributed by atoms with Crippen LogP contribution in [0.4, 0.5) is 0 Å². The Morgan fingerprint density at radius 3 is 0.800 bits per heavy atom. The summed E-state index contributed by atoms with van der Waals surface area (Å²) >= 11 is 0. The van der Waals surface area contributed by atoms with E-state index in [2.05, 4.69) is 0 Å². The van der Waals surface area contributed by atoms with Crippen LogP contribution < -0.4 is 0 Å². The van der Waals surface area contributed by atoms with Crippen LogP contribution >= 0.6 is 0 Å². The quantitative estimate of drug-likeness (QED) is 0.382. The van der Waals surface area contributed by atoms with Gasteiger partial charge in [-0.15, -0.1) is 0 Å². The smallest absolute Gasteiger partial charge is 0 e. The van der Waals surface area contributed by atoms with Gasteiger partial charge in [-0.1, -0.05) is 0 Å². The Morgan fingerprint density at radius 2 is 0.800 bits per heavy atom. The predicted octanol–water partition coefficient (Wildman–Crippen LogP) is -0.0125. The van der Waals surface area contributed by atoms with Crippen molar-refractivity contribution in [1.29, 1.82) is 0 Å². The summed E-state index contributed by atoms with van der Waals surface area (Å²) in [6.45, 7) is 0. The van der Waals surface area contributed by atoms with Crippen molar-refractivity contribution < 1.29 is 92.8 Å². The molecule has 0 nitrogen and oxygen atoms in total. The summed E-state index contributed by atoms with van der Waals surface area (Å²) in [6, 6.07) is 0. The minimum atomic E-state index is 0. The van der Waals surface area contributed by atoms with Crippen LogP contribution in [0.5, 0.6) is 0 Å². The van der Waals surface area contributed by atoms with E-state index >= 15 is 0 Å². The molecule has 5 heavy (non-hydrogen) atoms. The molecule has 5 heteroatoms. The summed E-state index contributed by atoms with van der Waals surface area (Å²) in [7, 11) is 0. The molecule has 0 aromatic heterocycles. The summed E-state index contributed by atoms with van der Waals surface area (Å²) in [5, 5.41) is 0. The molecule has 0 bridgehead atoms. The maximum absolute atomic E-state index is 0. The van der Waals surface area contributed by atoms with Gasteiger partial charge in [-0.2, -0.15) is 0 Å². The van der Waals surface area contributed by atoms with E-state index in [1.54, 1.807) is 0 Å². The van der Waals surface area contributed by atoms with E-state index in [4.69, 9.17) is 0 Å². The van der Waals surface area contributed by atoms with E-state index in [1.807, 2.05) is 0 Å². The van der Waals surface area contributed by atoms with Crippen molar-refractivity contribution in [3.63, 3.8) is 0 Å². The molecule has 0 aliphatic heterocycles. The van der Waals surface area contributed by atoms with Crippen LogP contribution in [-0.2, 0) is 92.8 Å². The Kier molecular flexibility index (Phi) is 254. The largest absolute Gasteiger partial charge is 0 e. The van der Waals surface area contributed by atoms with Crippen LogP contribution in [0.1, 0.15) is 0 Å². The van der Waals surface area contributed by atoms with Crippen molar-refractivity contribution >= 4 is 0 Å². The summed E-state index contributed by atoms with van der Waals surface area (Å²) in [6.07, 6.45) is 0. The fourth-order valence-electron chi connectivity index (χ4n) is 0. The SMILES string of the molecule is [Co].[Cr].[Ni].[W].[W]. The summed E-state index contributed by atoms with van der Waals surface area (Å²) < 4.78 is 0. The molecule has 0 aromatic carbocycles. The third kappa shape index (κ3) is 19.7. The molecule has 0 fully saturated rings. The first-order valence-corrected chi connectivity index (χ1v) is 0. The van der Waals surface area contributed by atoms with Gasteiger partial charge in [-0.3, -0.25) is 0 Å². The van der Waals surface area contributed by atoms with Crippen LogP contribution in [0.3, 0.4) is 0 Å². The molecule has 0 N–H and O–H groups in total. The molecular weight excluding hydrogens is 537 g/mol. The predicted molar refractivity (Wildman–Crippen MR) is 0 cm³/mol. The molecule has 1 radical (unpaired) electrons. The average molecular weight is 537 g/mol. The minimum absolute atomic E-state index is 0. The Bertz CT molecular complexity index is 9.61. The van der Waals surface area contributed by atoms with E-state index < -0.39 is 0 Å². The molecule has 0 aliphatic rings. The zero-order chi connectivity index (χ0) is 0. The van der Waals surface area contributed by atoms with Gasteiger partial charge in [0.05, 0.1) is 0 Å². The Balaban J connectivity index is 0. The second kappa shape index (κ2) is 28.5. The standard InChI is InChI=1S/Co.Cr.Ni.2W. The van der Waals surface area contributed by atoms with Gasteiger partial charge >= 0.3 is 0 Å². The van der Waals surface area contributed by atoms with E-state index in [9.17, 15) is 0 Å². The Hall–Kier alpha value is 2.91. The minimum Gasteiger partial charge on any atom is 0 e. The molecule has 0 amide bonds. The van der Waals surface area contributed by atoms with Crippen LogP contribution in [0.25, 0.3) is 0 Å². The third-order valence-electron chi connectivity index (χ3n) is 0. The van der Waals surface area contributed by atoms with Crippen molar-refractivity contribution in [3.05, 3.63) is 0 Å². The van der Waals surface area contributed by atoms with Crippen molar-refractivity contribution in [3.8, 4) is 0 Å². The van der Waals surface area contributed by atoms with Crippen molar-refractivity contribution in [2.24, 2.45) is 0 Å². The van der Waals surface area contributed by atoms with Gasteiger partial charge in [0.15, 0.2) is 0 Å². The van der Waals surface area contributed by atoms with Gasteiger partial charge in [0.1, 0.15) is 0 Å². The Labute approximate surface area is 91.4 Å². The van der Waals surface area contributed by atoms with Gasteiger partial charge in [-0.05, 0) is 0 Å². The molecule has 0 unspecified atom stereocenters. The molecule has 0 saturated heterocycles. The number of hydrogen-bond acceptors (Lipinski definition) is 0. The van der Waals surface area contributed by atoms with Crippen molar-refractivity contribution in [1.82, 2.24) is 0 Å². The van der Waals surface area contributed by atoms with Crippen molar-refractivity contribution in [2.75, 3.05) is 0 Å². The van der Waals surface area contributed by atoms with E-state index in [1.165, 1.54) is 0 Å². The molecule has 0 rings (SSSR count). The topological polar surface area (TPSA) is 0 Å². The zero-order valence-corrected chi connectivity index (χ0v) is 11.0. The third-order valence-corrected chi connectivity index (χ3v) is 0. The van der Waals surface area contributed by atoms with Gasteiger partial charge < -0.3 is 0 Å². The molecular formula is CoCrNiW2. The van der Waals surface area contributed by atoms with E-state index in [0.29, 0.717) is 0 Å². The number of rotatable bonds is 0. The van der Waals surface area contributed by atoms with Crippen LogP contribution in [0.15, 0.2) is 0 Å². The summed E-state index contributed by atoms with van der Waals surface area (Å²) in [5.41, 5.74) is 0. The zero-order valence-electron chi connectivity index (χ0n) is 1.87. The molecule has 37 valence electrons. The number of hydrogen-bond donors (Lipinski definition) is 0. The second-order valence-electron chi connectivity index (χ2n) is 0. The maximum atomic E-state index is 0. The maximum Gasteiger partial charge on any atom is 0 e. The van der Waals surface area contributed by atoms with E-state index in [0.717, 1.165) is 0 Å². The summed E-state index contributed by atoms with van der Waals surface area (Å²) in [5.74, 6) is 0. The monoisotopic (exact) mass is 537 g/mol. The molecule has 0 spiro atoms. The fraction of sp³-hybridized carbons (Fsp3) is 0. The first kappa shape index (κ1) is 44.6. The first-order valence-electron chi connectivity index (χ1n) is 0. The van der Waals surface area contributed by atoms with Gasteiger partial charge in [0.2, 0.25) is 0 Å². The van der Waals surface area contributed by atoms with Crippen LogP contribution in [0.2, 0.25) is 0 Å². The van der Waals surface area contributed by atoms with Gasteiger partial charge in [0.25, 0.3) is 0 Å². The van der Waals surface area contributed by atoms with Crippen LogP contribution in [0, 0.1) is 0 Å². The molecule has 0 heterocycles. The average Bonchev–Trinajstić information content (AvgIpc) is 0. The molecule has 0 saturated carbocycles. The molecule has 0 atom stereocenters. The van der Waals surface area contributed by atoms with Crippen molar-refractivity contribution in [2.45, 2.75) is 0 Å². The van der Waals surface area contributed by atoms with Gasteiger partial charge in [0, 0.05) is 92.8 Å². The molecule has 0 aromatic rings. The van der Waals surface area contributed by atoms with Crippen LogP contribution in [-0.4, -0.2) is 0 Å². The van der Waals surface area contributed by atoms with Gasteiger partial charge in [-0.25, -0.2) is 0 Å². The van der Waals surface area contributed by atoms with E-state index in [-0.39, 0.29) is 92.8 Å². The fourth-order valence-corrected chi connectivity index (χ4v) is 0. The molecule has 0 aliphatic carbocycles. The summed E-state index contributed by atoms with van der Waals surface area (Å²) in [4.78, 5) is 0.